The monoisotopic (exact) mass is 269 g/mol. The molecule has 1 aliphatic rings. The summed E-state index contributed by atoms with van der Waals surface area (Å²) >= 11 is 0. The van der Waals surface area contributed by atoms with Gasteiger partial charge in [-0.15, -0.1) is 0 Å². The largest absolute Gasteiger partial charge is 0.398 e. The summed E-state index contributed by atoms with van der Waals surface area (Å²) in [6.07, 6.45) is 4.79. The predicted octanol–water partition coefficient (Wildman–Crippen LogP) is 1.47. The second-order valence-electron chi connectivity index (χ2n) is 4.89. The Morgan fingerprint density at radius 2 is 2.17 bits per heavy atom. The third-order valence-corrected chi connectivity index (χ3v) is 5.75. The number of anilines is 1. The van der Waals surface area contributed by atoms with E-state index in [1.165, 1.54) is 18.5 Å². The van der Waals surface area contributed by atoms with Gasteiger partial charge in [-0.2, -0.15) is 4.31 Å². The zero-order valence-corrected chi connectivity index (χ0v) is 11.5. The Kier molecular flexibility index (Phi) is 3.59. The normalized spacial score (nSPS) is 26.1. The Morgan fingerprint density at radius 3 is 2.83 bits per heavy atom. The fourth-order valence-corrected chi connectivity index (χ4v) is 4.20. The first kappa shape index (κ1) is 13.3. The average Bonchev–Trinajstić information content (AvgIpc) is 2.32. The van der Waals surface area contributed by atoms with Crippen LogP contribution in [0.2, 0.25) is 0 Å². The molecule has 100 valence electrons. The highest BCUT2D eigenvalue weighted by Crippen LogP contribution is 2.30. The standard InChI is InChI=1S/C12H19N3O2S/c1-9-4-3-7-15(10(9)2)18(16,17)12-8-14-6-5-11(12)13/h5-6,8-10H,3-4,7H2,1-2H3,(H2,13,14). The molecule has 1 aliphatic heterocycles. The minimum Gasteiger partial charge on any atom is -0.398 e. The SMILES string of the molecule is CC1CCCN(S(=O)(=O)c2cnccc2N)C1C. The molecule has 1 fully saturated rings. The van der Waals surface area contributed by atoms with E-state index in [0.717, 1.165) is 12.8 Å². The highest BCUT2D eigenvalue weighted by Gasteiger charge is 2.35. The predicted molar refractivity (Wildman–Crippen MR) is 70.4 cm³/mol. The molecule has 0 aliphatic carbocycles. The van der Waals surface area contributed by atoms with Crippen LogP contribution in [-0.4, -0.2) is 30.3 Å². The summed E-state index contributed by atoms with van der Waals surface area (Å²) in [4.78, 5) is 3.98. The Labute approximate surface area is 108 Å². The van der Waals surface area contributed by atoms with E-state index in [1.807, 2.05) is 6.92 Å². The maximum atomic E-state index is 12.6. The molecule has 0 radical (unpaired) electrons. The number of rotatable bonds is 2. The molecule has 1 saturated heterocycles. The number of hydrogen-bond acceptors (Lipinski definition) is 4. The van der Waals surface area contributed by atoms with Crippen molar-refractivity contribution in [1.29, 1.82) is 0 Å². The van der Waals surface area contributed by atoms with Gasteiger partial charge in [0.1, 0.15) is 4.90 Å². The van der Waals surface area contributed by atoms with Gasteiger partial charge in [0.2, 0.25) is 10.0 Å². The molecule has 0 bridgehead atoms. The number of aromatic nitrogens is 1. The highest BCUT2D eigenvalue weighted by molar-refractivity contribution is 7.89. The number of nitrogens with zero attached hydrogens (tertiary/aromatic N) is 2. The summed E-state index contributed by atoms with van der Waals surface area (Å²) in [7, 11) is -3.53. The first-order valence-electron chi connectivity index (χ1n) is 6.16. The van der Waals surface area contributed by atoms with Gasteiger partial charge in [-0.05, 0) is 31.7 Å². The zero-order chi connectivity index (χ0) is 13.3. The van der Waals surface area contributed by atoms with E-state index in [2.05, 4.69) is 11.9 Å². The summed E-state index contributed by atoms with van der Waals surface area (Å²) in [5.41, 5.74) is 6.01. The lowest BCUT2D eigenvalue weighted by molar-refractivity contribution is 0.202. The number of pyridine rings is 1. The number of sulfonamides is 1. The average molecular weight is 269 g/mol. The van der Waals surface area contributed by atoms with E-state index in [4.69, 9.17) is 5.73 Å². The van der Waals surface area contributed by atoms with Gasteiger partial charge in [0, 0.05) is 25.0 Å². The lowest BCUT2D eigenvalue weighted by Gasteiger charge is -2.36. The van der Waals surface area contributed by atoms with Crippen LogP contribution in [0.15, 0.2) is 23.4 Å². The number of nitrogens with two attached hydrogens (primary N) is 1. The van der Waals surface area contributed by atoms with Gasteiger partial charge in [-0.3, -0.25) is 4.98 Å². The van der Waals surface area contributed by atoms with Crippen LogP contribution in [0.3, 0.4) is 0 Å². The molecule has 5 nitrogen and oxygen atoms in total. The van der Waals surface area contributed by atoms with Gasteiger partial charge in [0.05, 0.1) is 5.69 Å². The topological polar surface area (TPSA) is 76.3 Å². The summed E-state index contributed by atoms with van der Waals surface area (Å²) in [6.45, 7) is 4.59. The Morgan fingerprint density at radius 1 is 1.44 bits per heavy atom. The number of hydrogen-bond donors (Lipinski definition) is 1. The van der Waals surface area contributed by atoms with Crippen LogP contribution >= 0.6 is 0 Å². The van der Waals surface area contributed by atoms with Crippen molar-refractivity contribution < 1.29 is 8.42 Å². The quantitative estimate of drug-likeness (QED) is 0.882. The van der Waals surface area contributed by atoms with Crippen LogP contribution in [0.4, 0.5) is 5.69 Å². The second kappa shape index (κ2) is 4.85. The molecule has 1 aromatic rings. The smallest absolute Gasteiger partial charge is 0.246 e. The molecule has 2 rings (SSSR count). The number of nitrogen functional groups attached to an aromatic ring is 1. The van der Waals surface area contributed by atoms with Gasteiger partial charge in [0.25, 0.3) is 0 Å². The van der Waals surface area contributed by atoms with Gasteiger partial charge in [-0.25, -0.2) is 8.42 Å². The van der Waals surface area contributed by atoms with Crippen LogP contribution in [0, 0.1) is 5.92 Å². The van der Waals surface area contributed by atoms with Gasteiger partial charge < -0.3 is 5.73 Å². The van der Waals surface area contributed by atoms with E-state index >= 15 is 0 Å². The molecule has 2 unspecified atom stereocenters. The van der Waals surface area contributed by atoms with Crippen molar-refractivity contribution >= 4 is 15.7 Å². The van der Waals surface area contributed by atoms with E-state index in [1.54, 1.807) is 4.31 Å². The summed E-state index contributed by atoms with van der Waals surface area (Å²) in [5.74, 6) is 0.367. The van der Waals surface area contributed by atoms with Crippen LogP contribution < -0.4 is 5.73 Å². The minimum absolute atomic E-state index is 0.00311. The molecule has 6 heteroatoms. The van der Waals surface area contributed by atoms with Crippen molar-refractivity contribution in [3.05, 3.63) is 18.5 Å². The second-order valence-corrected chi connectivity index (χ2v) is 6.75. The number of piperidine rings is 1. The van der Waals surface area contributed by atoms with E-state index in [-0.39, 0.29) is 16.6 Å². The van der Waals surface area contributed by atoms with Crippen molar-refractivity contribution in [2.24, 2.45) is 5.92 Å². The molecular formula is C12H19N3O2S. The van der Waals surface area contributed by atoms with Crippen LogP contribution in [0.25, 0.3) is 0 Å². The van der Waals surface area contributed by atoms with Crippen molar-refractivity contribution in [2.75, 3.05) is 12.3 Å². The third kappa shape index (κ3) is 2.22. The van der Waals surface area contributed by atoms with Crippen molar-refractivity contribution in [3.63, 3.8) is 0 Å². The fourth-order valence-electron chi connectivity index (χ4n) is 2.37. The molecule has 0 aromatic carbocycles. The van der Waals surface area contributed by atoms with Crippen LogP contribution in [-0.2, 0) is 10.0 Å². The molecule has 1 aromatic heterocycles. The highest BCUT2D eigenvalue weighted by atomic mass is 32.2. The lowest BCUT2D eigenvalue weighted by atomic mass is 9.94. The first-order valence-corrected chi connectivity index (χ1v) is 7.60. The van der Waals surface area contributed by atoms with Crippen molar-refractivity contribution in [3.8, 4) is 0 Å². The maximum absolute atomic E-state index is 12.6. The molecule has 0 saturated carbocycles. The van der Waals surface area contributed by atoms with Crippen LogP contribution in [0.5, 0.6) is 0 Å². The zero-order valence-electron chi connectivity index (χ0n) is 10.7. The summed E-state index contributed by atoms with van der Waals surface area (Å²) in [5, 5.41) is 0. The van der Waals surface area contributed by atoms with E-state index < -0.39 is 10.0 Å². The van der Waals surface area contributed by atoms with E-state index in [9.17, 15) is 8.42 Å². The lowest BCUT2D eigenvalue weighted by Crippen LogP contribution is -2.46. The molecular weight excluding hydrogens is 250 g/mol. The van der Waals surface area contributed by atoms with Crippen LogP contribution in [0.1, 0.15) is 26.7 Å². The molecule has 18 heavy (non-hydrogen) atoms. The molecule has 0 spiro atoms. The van der Waals surface area contributed by atoms with Gasteiger partial charge >= 0.3 is 0 Å². The Hall–Kier alpha value is -1.14. The van der Waals surface area contributed by atoms with Crippen molar-refractivity contribution in [2.45, 2.75) is 37.6 Å². The van der Waals surface area contributed by atoms with E-state index in [0.29, 0.717) is 12.5 Å². The fraction of sp³-hybridized carbons (Fsp3) is 0.583. The summed E-state index contributed by atoms with van der Waals surface area (Å²) in [6, 6.07) is 1.52. The van der Waals surface area contributed by atoms with Gasteiger partial charge in [0.15, 0.2) is 0 Å². The molecule has 0 amide bonds. The molecule has 2 N–H and O–H groups in total. The first-order chi connectivity index (χ1) is 8.44. The minimum atomic E-state index is -3.53. The summed E-state index contributed by atoms with van der Waals surface area (Å²) < 4.78 is 26.7. The third-order valence-electron chi connectivity index (χ3n) is 3.72. The Balaban J connectivity index is 2.40. The van der Waals surface area contributed by atoms with Gasteiger partial charge in [-0.1, -0.05) is 6.92 Å². The Bertz CT molecular complexity index is 530. The van der Waals surface area contributed by atoms with Crippen molar-refractivity contribution in [1.82, 2.24) is 9.29 Å². The maximum Gasteiger partial charge on any atom is 0.246 e. The molecule has 2 heterocycles. The molecule has 2 atom stereocenters.